The van der Waals surface area contributed by atoms with Crippen molar-refractivity contribution in [2.75, 3.05) is 0 Å². The van der Waals surface area contributed by atoms with E-state index in [-0.39, 0.29) is 17.6 Å². The number of aliphatic hydroxyl groups excluding tert-OH is 1. The van der Waals surface area contributed by atoms with Gasteiger partial charge in [0.1, 0.15) is 5.52 Å². The molecule has 0 aliphatic carbocycles. The van der Waals surface area contributed by atoms with Crippen molar-refractivity contribution in [3.8, 4) is 0 Å². The molecule has 1 unspecified atom stereocenters. The second-order valence-corrected chi connectivity index (χ2v) is 4.16. The number of benzene rings is 1. The second kappa shape index (κ2) is 4.71. The van der Waals surface area contributed by atoms with Crippen LogP contribution in [0.25, 0.3) is 11.0 Å². The largest absolute Gasteiger partial charge is 0.478 e. The lowest BCUT2D eigenvalue weighted by molar-refractivity contribution is 0.0697. The van der Waals surface area contributed by atoms with Gasteiger partial charge in [0.2, 0.25) is 0 Å². The van der Waals surface area contributed by atoms with Crippen molar-refractivity contribution in [3.05, 3.63) is 22.8 Å². The maximum Gasteiger partial charge on any atom is 0.338 e. The van der Waals surface area contributed by atoms with Crippen molar-refractivity contribution in [1.29, 1.82) is 0 Å². The van der Waals surface area contributed by atoms with Crippen molar-refractivity contribution in [2.45, 2.75) is 26.0 Å². The Labute approximate surface area is 103 Å². The molecule has 0 saturated carbocycles. The number of aliphatic hydroxyl groups is 1. The quantitative estimate of drug-likeness (QED) is 0.607. The second-order valence-electron chi connectivity index (χ2n) is 4.16. The van der Waals surface area contributed by atoms with Gasteiger partial charge < -0.3 is 15.9 Å². The Kier molecular flexibility index (Phi) is 3.26. The summed E-state index contributed by atoms with van der Waals surface area (Å²) in [5, 5.41) is 28.7. The molecule has 0 fully saturated rings. The number of carboxylic acid groups (broad SMARTS) is 1. The Hall–Kier alpha value is -1.99. The summed E-state index contributed by atoms with van der Waals surface area (Å²) < 4.78 is 0. The Morgan fingerprint density at radius 1 is 1.61 bits per heavy atom. The lowest BCUT2D eigenvalue weighted by atomic mass is 9.95. The van der Waals surface area contributed by atoms with E-state index in [9.17, 15) is 15.0 Å². The predicted molar refractivity (Wildman–Crippen MR) is 64.1 cm³/mol. The average molecular weight is 250 g/mol. The molecule has 0 aliphatic rings. The van der Waals surface area contributed by atoms with Gasteiger partial charge in [0.05, 0.1) is 17.2 Å². The summed E-state index contributed by atoms with van der Waals surface area (Å²) in [6.45, 7) is 1.71. The van der Waals surface area contributed by atoms with Gasteiger partial charge in [0.15, 0.2) is 0 Å². The van der Waals surface area contributed by atoms with Gasteiger partial charge in [-0.3, -0.25) is 5.10 Å². The number of aromatic amines is 1. The number of nitrogens with two attached hydrogens (primary N) is 1. The van der Waals surface area contributed by atoms with Crippen LogP contribution >= 0.6 is 0 Å². The third-order valence-electron chi connectivity index (χ3n) is 2.75. The van der Waals surface area contributed by atoms with Gasteiger partial charge in [-0.05, 0) is 30.5 Å². The molecule has 2 rings (SSSR count). The smallest absolute Gasteiger partial charge is 0.338 e. The molecule has 1 atom stereocenters. The van der Waals surface area contributed by atoms with Crippen molar-refractivity contribution in [3.63, 3.8) is 0 Å². The summed E-state index contributed by atoms with van der Waals surface area (Å²) in [6, 6.07) is 1.73. The van der Waals surface area contributed by atoms with E-state index >= 15 is 0 Å². The fourth-order valence-corrected chi connectivity index (χ4v) is 2.05. The minimum Gasteiger partial charge on any atom is -0.478 e. The fourth-order valence-electron chi connectivity index (χ4n) is 2.05. The third-order valence-corrected chi connectivity index (χ3v) is 2.75. The number of fused-ring (bicyclic) bond motifs is 1. The first-order valence-corrected chi connectivity index (χ1v) is 5.51. The van der Waals surface area contributed by atoms with E-state index in [1.807, 2.05) is 0 Å². The monoisotopic (exact) mass is 250 g/mol. The summed E-state index contributed by atoms with van der Waals surface area (Å²) in [5.41, 5.74) is 7.68. The van der Waals surface area contributed by atoms with Crippen LogP contribution in [0.15, 0.2) is 6.07 Å². The van der Waals surface area contributed by atoms with Crippen LogP contribution in [-0.4, -0.2) is 37.7 Å². The molecular weight excluding hydrogens is 236 g/mol. The maximum absolute atomic E-state index is 11.3. The summed E-state index contributed by atoms with van der Waals surface area (Å²) >= 11 is 0. The van der Waals surface area contributed by atoms with Crippen molar-refractivity contribution in [2.24, 2.45) is 5.73 Å². The Morgan fingerprint density at radius 3 is 2.89 bits per heavy atom. The first-order chi connectivity index (χ1) is 8.54. The summed E-state index contributed by atoms with van der Waals surface area (Å²) in [4.78, 5) is 11.3. The molecule has 7 heteroatoms. The van der Waals surface area contributed by atoms with Gasteiger partial charge in [-0.1, -0.05) is 5.21 Å². The molecule has 0 radical (unpaired) electrons. The molecule has 1 aromatic heterocycles. The number of aromatic nitrogens is 3. The number of H-pyrrole nitrogens is 1. The topological polar surface area (TPSA) is 125 Å². The average Bonchev–Trinajstić information content (AvgIpc) is 2.73. The highest BCUT2D eigenvalue weighted by Gasteiger charge is 2.20. The maximum atomic E-state index is 11.3. The van der Waals surface area contributed by atoms with Gasteiger partial charge in [-0.15, -0.1) is 5.10 Å². The molecule has 96 valence electrons. The van der Waals surface area contributed by atoms with Crippen LogP contribution in [0.3, 0.4) is 0 Å². The third kappa shape index (κ3) is 2.05. The number of carboxylic acids is 1. The van der Waals surface area contributed by atoms with Crippen LogP contribution in [0.1, 0.15) is 28.4 Å². The molecule has 0 aliphatic heterocycles. The standard InChI is InChI=1S/C11H14N4O3/c1-5(16)2-6-3-8-10(14-15-13-8)9(11(17)18)7(6)4-12/h3,5,16H,2,4,12H2,1H3,(H,17,18)(H,13,14,15). The van der Waals surface area contributed by atoms with Crippen LogP contribution in [0.2, 0.25) is 0 Å². The van der Waals surface area contributed by atoms with E-state index in [2.05, 4.69) is 15.4 Å². The van der Waals surface area contributed by atoms with E-state index in [1.54, 1.807) is 13.0 Å². The zero-order chi connectivity index (χ0) is 13.3. The highest BCUT2D eigenvalue weighted by Crippen LogP contribution is 2.24. The number of hydrogen-bond donors (Lipinski definition) is 4. The van der Waals surface area contributed by atoms with E-state index in [0.717, 1.165) is 0 Å². The molecule has 5 N–H and O–H groups in total. The molecule has 0 saturated heterocycles. The van der Waals surface area contributed by atoms with Gasteiger partial charge in [-0.2, -0.15) is 0 Å². The van der Waals surface area contributed by atoms with Gasteiger partial charge in [0.25, 0.3) is 0 Å². The van der Waals surface area contributed by atoms with Gasteiger partial charge >= 0.3 is 5.97 Å². The number of aromatic carboxylic acids is 1. The number of nitrogens with zero attached hydrogens (tertiary/aromatic N) is 2. The van der Waals surface area contributed by atoms with Crippen molar-refractivity contribution in [1.82, 2.24) is 15.4 Å². The molecular formula is C11H14N4O3. The van der Waals surface area contributed by atoms with Crippen LogP contribution in [0.5, 0.6) is 0 Å². The van der Waals surface area contributed by atoms with E-state index in [4.69, 9.17) is 5.73 Å². The molecule has 0 bridgehead atoms. The normalized spacial score (nSPS) is 12.8. The van der Waals surface area contributed by atoms with E-state index < -0.39 is 12.1 Å². The Bertz CT molecular complexity index is 591. The highest BCUT2D eigenvalue weighted by molar-refractivity contribution is 6.02. The van der Waals surface area contributed by atoms with Gasteiger partial charge in [-0.25, -0.2) is 4.79 Å². The van der Waals surface area contributed by atoms with Crippen LogP contribution < -0.4 is 5.73 Å². The lowest BCUT2D eigenvalue weighted by Crippen LogP contribution is -2.14. The van der Waals surface area contributed by atoms with Crippen LogP contribution in [0, 0.1) is 0 Å². The number of nitrogens with one attached hydrogen (secondary N) is 1. The lowest BCUT2D eigenvalue weighted by Gasteiger charge is -2.12. The SMILES string of the molecule is CC(O)Cc1cc2[nH]nnc2c(C(=O)O)c1CN. The zero-order valence-corrected chi connectivity index (χ0v) is 9.84. The molecule has 0 spiro atoms. The van der Waals surface area contributed by atoms with Crippen LogP contribution in [0.4, 0.5) is 0 Å². The summed E-state index contributed by atoms with van der Waals surface area (Å²) in [5.74, 6) is -1.10. The minimum atomic E-state index is -1.10. The van der Waals surface area contributed by atoms with E-state index in [0.29, 0.717) is 23.1 Å². The first-order valence-electron chi connectivity index (χ1n) is 5.51. The number of carbonyl (C=O) groups is 1. The molecule has 1 heterocycles. The molecule has 1 aromatic carbocycles. The Morgan fingerprint density at radius 2 is 2.33 bits per heavy atom. The molecule has 18 heavy (non-hydrogen) atoms. The van der Waals surface area contributed by atoms with Crippen molar-refractivity contribution >= 4 is 17.0 Å². The minimum absolute atomic E-state index is 0.0550. The molecule has 7 nitrogen and oxygen atoms in total. The summed E-state index contributed by atoms with van der Waals surface area (Å²) in [7, 11) is 0. The first kappa shape index (κ1) is 12.5. The van der Waals surface area contributed by atoms with Crippen LogP contribution in [-0.2, 0) is 13.0 Å². The predicted octanol–water partition coefficient (Wildman–Crippen LogP) is 0.0381. The van der Waals surface area contributed by atoms with Gasteiger partial charge in [0, 0.05) is 6.54 Å². The van der Waals surface area contributed by atoms with E-state index in [1.165, 1.54) is 0 Å². The number of rotatable bonds is 4. The highest BCUT2D eigenvalue weighted by atomic mass is 16.4. The zero-order valence-electron chi connectivity index (χ0n) is 9.84. The number of hydrogen-bond acceptors (Lipinski definition) is 5. The summed E-state index contributed by atoms with van der Waals surface area (Å²) in [6.07, 6.45) is -0.243. The molecule has 0 amide bonds. The van der Waals surface area contributed by atoms with Crippen molar-refractivity contribution < 1.29 is 15.0 Å². The fraction of sp³-hybridized carbons (Fsp3) is 0.364. The molecule has 2 aromatic rings. The Balaban J connectivity index is 2.73.